The van der Waals surface area contributed by atoms with E-state index in [1.165, 1.54) is 44.9 Å². The summed E-state index contributed by atoms with van der Waals surface area (Å²) in [5.74, 6) is 6.66. The smallest absolute Gasteiger partial charge is 0.0543 e. The molecular formula is C28H48O. The topological polar surface area (TPSA) is 20.2 Å². The Morgan fingerprint density at radius 3 is 2.21 bits per heavy atom. The quantitative estimate of drug-likeness (QED) is 0.485. The molecule has 10 atom stereocenters. The molecule has 0 heterocycles. The molecule has 0 saturated heterocycles. The summed E-state index contributed by atoms with van der Waals surface area (Å²) in [6.45, 7) is 14.9. The van der Waals surface area contributed by atoms with Gasteiger partial charge in [0.05, 0.1) is 6.10 Å². The lowest BCUT2D eigenvalue weighted by Crippen LogP contribution is -2.54. The van der Waals surface area contributed by atoms with Crippen LogP contribution in [0.25, 0.3) is 0 Å². The third kappa shape index (κ3) is 3.66. The van der Waals surface area contributed by atoms with E-state index in [0.29, 0.717) is 16.7 Å². The highest BCUT2D eigenvalue weighted by atomic mass is 16.3. The summed E-state index contributed by atoms with van der Waals surface area (Å²) in [6.07, 6.45) is 17.1. The van der Waals surface area contributed by atoms with Crippen LogP contribution in [0, 0.1) is 58.2 Å². The van der Waals surface area contributed by atoms with E-state index in [1.807, 2.05) is 0 Å². The summed E-state index contributed by atoms with van der Waals surface area (Å²) in [4.78, 5) is 0. The molecule has 1 nitrogen and oxygen atoms in total. The second kappa shape index (κ2) is 7.99. The molecule has 4 aliphatic rings. The maximum atomic E-state index is 10.3. The van der Waals surface area contributed by atoms with Crippen LogP contribution in [0.4, 0.5) is 0 Å². The standard InChI is InChI=1S/C28H48O/c1-18(2)19(3)7-8-20(4)24-11-12-25-23-10-9-21-17-22(29)13-15-27(21,5)26(23)14-16-28(24,25)6/h7-8,18-26,29H,9-17H2,1-6H3/t19?,20-,21?,22?,23?,24-,25?,26?,27+,28-/m1/s1. The number of aliphatic hydroxyl groups excluding tert-OH is 1. The van der Waals surface area contributed by atoms with Gasteiger partial charge in [0.1, 0.15) is 0 Å². The van der Waals surface area contributed by atoms with Crippen molar-refractivity contribution < 1.29 is 5.11 Å². The van der Waals surface area contributed by atoms with Crippen molar-refractivity contribution in [3.63, 3.8) is 0 Å². The molecule has 0 bridgehead atoms. The van der Waals surface area contributed by atoms with Gasteiger partial charge in [-0.15, -0.1) is 0 Å². The Bertz CT molecular complexity index is 607. The Hall–Kier alpha value is -0.300. The summed E-state index contributed by atoms with van der Waals surface area (Å²) in [6, 6.07) is 0. The number of aliphatic hydroxyl groups is 1. The first-order chi connectivity index (χ1) is 13.7. The van der Waals surface area contributed by atoms with Gasteiger partial charge in [0, 0.05) is 0 Å². The van der Waals surface area contributed by atoms with Gasteiger partial charge in [-0.05, 0) is 116 Å². The fourth-order valence-electron chi connectivity index (χ4n) is 8.85. The van der Waals surface area contributed by atoms with Crippen molar-refractivity contribution in [2.24, 2.45) is 58.2 Å². The minimum absolute atomic E-state index is 0.0183. The van der Waals surface area contributed by atoms with Crippen molar-refractivity contribution in [2.75, 3.05) is 0 Å². The van der Waals surface area contributed by atoms with Crippen LogP contribution >= 0.6 is 0 Å². The van der Waals surface area contributed by atoms with Crippen molar-refractivity contribution in [2.45, 2.75) is 105 Å². The molecule has 4 rings (SSSR count). The van der Waals surface area contributed by atoms with E-state index in [0.717, 1.165) is 54.3 Å². The third-order valence-electron chi connectivity index (χ3n) is 11.1. The molecule has 4 saturated carbocycles. The van der Waals surface area contributed by atoms with Gasteiger partial charge in [0.25, 0.3) is 0 Å². The zero-order chi connectivity index (χ0) is 21.0. The first kappa shape index (κ1) is 21.9. The molecule has 1 N–H and O–H groups in total. The molecule has 0 aromatic heterocycles. The van der Waals surface area contributed by atoms with Gasteiger partial charge in [-0.3, -0.25) is 0 Å². The predicted molar refractivity (Wildman–Crippen MR) is 124 cm³/mol. The first-order valence-corrected chi connectivity index (χ1v) is 13.0. The lowest BCUT2D eigenvalue weighted by molar-refractivity contribution is -0.128. The average molecular weight is 401 g/mol. The predicted octanol–water partition coefficient (Wildman–Crippen LogP) is 7.49. The number of allylic oxidation sites excluding steroid dienone is 2. The highest BCUT2D eigenvalue weighted by Gasteiger charge is 2.60. The molecule has 0 radical (unpaired) electrons. The summed E-state index contributed by atoms with van der Waals surface area (Å²) in [5.41, 5.74) is 1.07. The van der Waals surface area contributed by atoms with Crippen LogP contribution in [0.15, 0.2) is 12.2 Å². The van der Waals surface area contributed by atoms with Crippen molar-refractivity contribution in [3.05, 3.63) is 12.2 Å². The van der Waals surface area contributed by atoms with Gasteiger partial charge >= 0.3 is 0 Å². The molecule has 4 aliphatic carbocycles. The Morgan fingerprint density at radius 2 is 1.48 bits per heavy atom. The van der Waals surface area contributed by atoms with Gasteiger partial charge in [0.2, 0.25) is 0 Å². The summed E-state index contributed by atoms with van der Waals surface area (Å²) in [7, 11) is 0. The Morgan fingerprint density at radius 1 is 0.793 bits per heavy atom. The molecule has 0 spiro atoms. The second-order valence-electron chi connectivity index (χ2n) is 12.7. The van der Waals surface area contributed by atoms with Gasteiger partial charge in [-0.2, -0.15) is 0 Å². The van der Waals surface area contributed by atoms with Crippen LogP contribution in [-0.4, -0.2) is 11.2 Å². The summed E-state index contributed by atoms with van der Waals surface area (Å²) in [5, 5.41) is 10.3. The van der Waals surface area contributed by atoms with E-state index < -0.39 is 0 Å². The van der Waals surface area contributed by atoms with Crippen LogP contribution in [0.1, 0.15) is 99.3 Å². The summed E-state index contributed by atoms with van der Waals surface area (Å²) < 4.78 is 0. The SMILES string of the molecule is CC(C)C(C)C=C[C@@H](C)[C@H]1CCC2C3CCC4CC(O)CC[C@]4(C)C3CC[C@@]21C. The number of hydrogen-bond acceptors (Lipinski definition) is 1. The van der Waals surface area contributed by atoms with Crippen molar-refractivity contribution in [1.29, 1.82) is 0 Å². The Kier molecular flexibility index (Phi) is 6.04. The van der Waals surface area contributed by atoms with E-state index in [1.54, 1.807) is 0 Å². The van der Waals surface area contributed by atoms with Crippen LogP contribution in [0.5, 0.6) is 0 Å². The first-order valence-electron chi connectivity index (χ1n) is 13.0. The second-order valence-corrected chi connectivity index (χ2v) is 12.7. The Balaban J connectivity index is 1.50. The zero-order valence-electron chi connectivity index (χ0n) is 20.2. The van der Waals surface area contributed by atoms with Crippen LogP contribution in [0.2, 0.25) is 0 Å². The Labute approximate surface area is 181 Å². The normalized spacial score (nSPS) is 49.5. The third-order valence-corrected chi connectivity index (χ3v) is 11.1. The number of rotatable bonds is 4. The van der Waals surface area contributed by atoms with Gasteiger partial charge < -0.3 is 5.11 Å². The minimum atomic E-state index is -0.0183. The van der Waals surface area contributed by atoms with Crippen LogP contribution < -0.4 is 0 Å². The van der Waals surface area contributed by atoms with Gasteiger partial charge in [0.15, 0.2) is 0 Å². The molecule has 0 aromatic carbocycles. The van der Waals surface area contributed by atoms with Crippen molar-refractivity contribution in [3.8, 4) is 0 Å². The minimum Gasteiger partial charge on any atom is -0.393 e. The zero-order valence-corrected chi connectivity index (χ0v) is 20.2. The van der Waals surface area contributed by atoms with E-state index in [9.17, 15) is 5.11 Å². The number of hydrogen-bond donors (Lipinski definition) is 1. The monoisotopic (exact) mass is 400 g/mol. The molecule has 0 aliphatic heterocycles. The molecule has 0 aromatic rings. The van der Waals surface area contributed by atoms with Crippen LogP contribution in [0.3, 0.4) is 0 Å². The fraction of sp³-hybridized carbons (Fsp3) is 0.929. The fourth-order valence-corrected chi connectivity index (χ4v) is 8.85. The summed E-state index contributed by atoms with van der Waals surface area (Å²) >= 11 is 0. The van der Waals surface area contributed by atoms with Crippen molar-refractivity contribution >= 4 is 0 Å². The average Bonchev–Trinajstić information content (AvgIpc) is 3.03. The largest absolute Gasteiger partial charge is 0.393 e. The lowest BCUT2D eigenvalue weighted by atomic mass is 9.44. The van der Waals surface area contributed by atoms with Gasteiger partial charge in [-0.1, -0.05) is 53.7 Å². The van der Waals surface area contributed by atoms with E-state index in [-0.39, 0.29) is 6.10 Å². The molecule has 29 heavy (non-hydrogen) atoms. The molecule has 0 amide bonds. The van der Waals surface area contributed by atoms with Crippen LogP contribution in [-0.2, 0) is 0 Å². The van der Waals surface area contributed by atoms with E-state index in [4.69, 9.17) is 0 Å². The van der Waals surface area contributed by atoms with Gasteiger partial charge in [-0.25, -0.2) is 0 Å². The van der Waals surface area contributed by atoms with E-state index in [2.05, 4.69) is 53.7 Å². The molecule has 1 heteroatoms. The highest BCUT2D eigenvalue weighted by molar-refractivity contribution is 5.11. The number of fused-ring (bicyclic) bond motifs is 5. The molecular weight excluding hydrogens is 352 g/mol. The molecule has 4 fully saturated rings. The van der Waals surface area contributed by atoms with Crippen molar-refractivity contribution in [1.82, 2.24) is 0 Å². The molecule has 166 valence electrons. The maximum absolute atomic E-state index is 10.3. The van der Waals surface area contributed by atoms with E-state index >= 15 is 0 Å². The lowest BCUT2D eigenvalue weighted by Gasteiger charge is -2.61. The molecule has 6 unspecified atom stereocenters. The highest BCUT2D eigenvalue weighted by Crippen LogP contribution is 2.68. The maximum Gasteiger partial charge on any atom is 0.0543 e.